The molecule has 0 aliphatic carbocycles. The van der Waals surface area contributed by atoms with Crippen LogP contribution < -0.4 is 9.80 Å². The van der Waals surface area contributed by atoms with E-state index in [9.17, 15) is 0 Å². The SMILES string of the molecule is Cc1ccc([C@@H]2c3c(-c4ccccc4)oc(-c4ccccc4)c3O[C@H](c3ccccc3)ON2c2ccccc2)cc1. The highest BCUT2D eigenvalue weighted by Crippen LogP contribution is 2.53. The molecule has 2 heterocycles. The number of benzene rings is 5. The van der Waals surface area contributed by atoms with Gasteiger partial charge in [0, 0.05) is 16.7 Å². The molecule has 0 unspecified atom stereocenters. The lowest BCUT2D eigenvalue weighted by atomic mass is 9.93. The van der Waals surface area contributed by atoms with Gasteiger partial charge in [0.15, 0.2) is 11.5 Å². The molecule has 7 rings (SSSR count). The van der Waals surface area contributed by atoms with E-state index in [1.807, 2.05) is 90.0 Å². The molecule has 0 radical (unpaired) electrons. The van der Waals surface area contributed by atoms with E-state index in [0.29, 0.717) is 11.5 Å². The van der Waals surface area contributed by atoms with E-state index < -0.39 is 6.29 Å². The maximum absolute atomic E-state index is 6.90. The minimum absolute atomic E-state index is 0.363. The van der Waals surface area contributed by atoms with Crippen LogP contribution in [-0.4, -0.2) is 0 Å². The quantitative estimate of drug-likeness (QED) is 0.220. The fourth-order valence-electron chi connectivity index (χ4n) is 5.36. The third-order valence-corrected chi connectivity index (χ3v) is 7.39. The van der Waals surface area contributed by atoms with Crippen LogP contribution in [0.2, 0.25) is 0 Å². The first-order valence-corrected chi connectivity index (χ1v) is 13.8. The molecule has 0 N–H and O–H groups in total. The predicted molar refractivity (Wildman–Crippen MR) is 162 cm³/mol. The van der Waals surface area contributed by atoms with Crippen molar-refractivity contribution < 1.29 is 14.0 Å². The topological polar surface area (TPSA) is 34.8 Å². The minimum atomic E-state index is -0.714. The van der Waals surface area contributed by atoms with Gasteiger partial charge in [-0.25, -0.2) is 9.90 Å². The van der Waals surface area contributed by atoms with Gasteiger partial charge in [-0.2, -0.15) is 0 Å². The summed E-state index contributed by atoms with van der Waals surface area (Å²) in [7, 11) is 0. The molecule has 0 bridgehead atoms. The van der Waals surface area contributed by atoms with Gasteiger partial charge in [0.2, 0.25) is 6.29 Å². The zero-order chi connectivity index (χ0) is 27.6. The van der Waals surface area contributed by atoms with Crippen LogP contribution in [0.25, 0.3) is 22.6 Å². The van der Waals surface area contributed by atoms with Gasteiger partial charge in [-0.15, -0.1) is 0 Å². The normalized spacial score (nSPS) is 16.5. The Bertz CT molecular complexity index is 1730. The second-order valence-corrected chi connectivity index (χ2v) is 10.2. The highest BCUT2D eigenvalue weighted by molar-refractivity contribution is 5.78. The van der Waals surface area contributed by atoms with Crippen molar-refractivity contribution in [2.75, 3.05) is 5.06 Å². The van der Waals surface area contributed by atoms with Crippen LogP contribution in [0.5, 0.6) is 5.75 Å². The standard InChI is InChI=1S/C37H29NO3/c1-26-22-24-27(25-23-26)33-32-34(28-14-6-2-7-15-28)39-35(29-16-8-3-9-17-29)36(32)40-37(30-18-10-4-11-19-30)41-38(33)31-20-12-5-13-21-31/h2-25,33,37H,1H3/t33-,37+/m1/s1. The third kappa shape index (κ3) is 4.79. The third-order valence-electron chi connectivity index (χ3n) is 7.39. The van der Waals surface area contributed by atoms with E-state index in [1.165, 1.54) is 5.56 Å². The van der Waals surface area contributed by atoms with Crippen LogP contribution in [0.3, 0.4) is 0 Å². The number of hydroxylamine groups is 1. The number of ether oxygens (including phenoxy) is 1. The summed E-state index contributed by atoms with van der Waals surface area (Å²) >= 11 is 0. The van der Waals surface area contributed by atoms with Crippen molar-refractivity contribution in [2.45, 2.75) is 19.3 Å². The molecule has 4 nitrogen and oxygen atoms in total. The first kappa shape index (κ1) is 24.9. The van der Waals surface area contributed by atoms with Crippen LogP contribution in [0.4, 0.5) is 5.69 Å². The van der Waals surface area contributed by atoms with Gasteiger partial charge in [0.1, 0.15) is 11.8 Å². The summed E-state index contributed by atoms with van der Waals surface area (Å²) in [6.07, 6.45) is -0.714. The summed E-state index contributed by atoms with van der Waals surface area (Å²) in [4.78, 5) is 6.87. The zero-order valence-electron chi connectivity index (χ0n) is 22.7. The van der Waals surface area contributed by atoms with Crippen LogP contribution in [0.1, 0.15) is 34.6 Å². The van der Waals surface area contributed by atoms with Crippen molar-refractivity contribution >= 4 is 5.69 Å². The van der Waals surface area contributed by atoms with Crippen molar-refractivity contribution in [3.63, 3.8) is 0 Å². The number of hydrogen-bond donors (Lipinski definition) is 0. The second-order valence-electron chi connectivity index (χ2n) is 10.2. The number of furan rings is 1. The summed E-state index contributed by atoms with van der Waals surface area (Å²) in [6, 6.07) is 48.9. The first-order chi connectivity index (χ1) is 20.3. The van der Waals surface area contributed by atoms with Gasteiger partial charge in [-0.1, -0.05) is 139 Å². The second kappa shape index (κ2) is 10.8. The monoisotopic (exact) mass is 535 g/mol. The van der Waals surface area contributed by atoms with E-state index in [2.05, 4.69) is 67.6 Å². The Labute approximate surface area is 240 Å². The molecule has 4 heteroatoms. The predicted octanol–water partition coefficient (Wildman–Crippen LogP) is 9.54. The summed E-state index contributed by atoms with van der Waals surface area (Å²) in [5.41, 5.74) is 6.90. The molecular formula is C37H29NO3. The number of rotatable bonds is 5. The lowest BCUT2D eigenvalue weighted by Crippen LogP contribution is -2.30. The van der Waals surface area contributed by atoms with E-state index in [-0.39, 0.29) is 6.04 Å². The van der Waals surface area contributed by atoms with Crippen LogP contribution >= 0.6 is 0 Å². The maximum Gasteiger partial charge on any atom is 0.250 e. The number of nitrogens with zero attached hydrogens (tertiary/aromatic N) is 1. The number of hydrogen-bond acceptors (Lipinski definition) is 4. The summed E-state index contributed by atoms with van der Waals surface area (Å²) in [5, 5.41) is 1.98. The molecule has 1 aliphatic heterocycles. The van der Waals surface area contributed by atoms with Gasteiger partial charge in [-0.05, 0) is 24.6 Å². The van der Waals surface area contributed by atoms with Crippen LogP contribution in [0, 0.1) is 6.92 Å². The molecule has 6 aromatic rings. The molecule has 0 fully saturated rings. The summed E-state index contributed by atoms with van der Waals surface area (Å²) in [6.45, 7) is 2.10. The van der Waals surface area contributed by atoms with Gasteiger partial charge in [0.05, 0.1) is 11.3 Å². The average Bonchev–Trinajstić information content (AvgIpc) is 3.31. The Morgan fingerprint density at radius 1 is 0.537 bits per heavy atom. The van der Waals surface area contributed by atoms with Crippen LogP contribution in [-0.2, 0) is 4.84 Å². The molecule has 0 saturated carbocycles. The van der Waals surface area contributed by atoms with E-state index in [1.54, 1.807) is 0 Å². The molecule has 200 valence electrons. The van der Waals surface area contributed by atoms with Crippen molar-refractivity contribution in [1.29, 1.82) is 0 Å². The number of anilines is 1. The molecular weight excluding hydrogens is 506 g/mol. The Balaban J connectivity index is 1.55. The largest absolute Gasteiger partial charge is 0.454 e. The highest BCUT2D eigenvalue weighted by Gasteiger charge is 2.40. The van der Waals surface area contributed by atoms with E-state index in [0.717, 1.165) is 39.3 Å². The van der Waals surface area contributed by atoms with E-state index >= 15 is 0 Å². The number of para-hydroxylation sites is 1. The van der Waals surface area contributed by atoms with Crippen LogP contribution in [0.15, 0.2) is 150 Å². The highest BCUT2D eigenvalue weighted by atomic mass is 16.8. The van der Waals surface area contributed by atoms with Gasteiger partial charge in [0.25, 0.3) is 0 Å². The average molecular weight is 536 g/mol. The van der Waals surface area contributed by atoms with Crippen molar-refractivity contribution in [1.82, 2.24) is 0 Å². The summed E-state index contributed by atoms with van der Waals surface area (Å²) in [5.74, 6) is 2.10. The van der Waals surface area contributed by atoms with Gasteiger partial charge < -0.3 is 9.15 Å². The smallest absolute Gasteiger partial charge is 0.250 e. The molecule has 0 amide bonds. The lowest BCUT2D eigenvalue weighted by Gasteiger charge is -2.32. The fourth-order valence-corrected chi connectivity index (χ4v) is 5.36. The van der Waals surface area contributed by atoms with Crippen molar-refractivity contribution in [2.24, 2.45) is 0 Å². The van der Waals surface area contributed by atoms with Crippen molar-refractivity contribution in [3.05, 3.63) is 168 Å². The zero-order valence-corrected chi connectivity index (χ0v) is 22.7. The fraction of sp³-hybridized carbons (Fsp3) is 0.0811. The number of fused-ring (bicyclic) bond motifs is 1. The lowest BCUT2D eigenvalue weighted by molar-refractivity contribution is -0.0935. The van der Waals surface area contributed by atoms with Crippen molar-refractivity contribution in [3.8, 4) is 28.4 Å². The molecule has 1 aliphatic rings. The van der Waals surface area contributed by atoms with E-state index in [4.69, 9.17) is 14.0 Å². The molecule has 41 heavy (non-hydrogen) atoms. The Morgan fingerprint density at radius 2 is 1.07 bits per heavy atom. The molecule has 5 aromatic carbocycles. The first-order valence-electron chi connectivity index (χ1n) is 13.8. The molecule has 0 spiro atoms. The van der Waals surface area contributed by atoms with Gasteiger partial charge in [-0.3, -0.25) is 0 Å². The molecule has 0 saturated heterocycles. The van der Waals surface area contributed by atoms with Gasteiger partial charge >= 0.3 is 0 Å². The minimum Gasteiger partial charge on any atom is -0.454 e. The number of aryl methyl sites for hydroxylation is 1. The maximum atomic E-state index is 6.90. The molecule has 2 atom stereocenters. The Kier molecular flexibility index (Phi) is 6.59. The molecule has 1 aromatic heterocycles. The Hall–Kier alpha value is -5.06. The Morgan fingerprint density at radius 3 is 1.68 bits per heavy atom. The summed E-state index contributed by atoms with van der Waals surface area (Å²) < 4.78 is 13.7.